The fourth-order valence-electron chi connectivity index (χ4n) is 1.30. The molecule has 0 saturated heterocycles. The number of aryl methyl sites for hydroxylation is 1. The summed E-state index contributed by atoms with van der Waals surface area (Å²) in [6.07, 6.45) is 1.08. The molecule has 1 amide bonds. The van der Waals surface area contributed by atoms with Crippen LogP contribution in [0.25, 0.3) is 0 Å². The van der Waals surface area contributed by atoms with Gasteiger partial charge in [-0.1, -0.05) is 29.5 Å². The zero-order valence-electron chi connectivity index (χ0n) is 8.53. The minimum atomic E-state index is -0.417. The van der Waals surface area contributed by atoms with E-state index in [0.29, 0.717) is 5.56 Å². The summed E-state index contributed by atoms with van der Waals surface area (Å²) in [7, 11) is 0. The second-order valence-corrected chi connectivity index (χ2v) is 4.22. The highest BCUT2D eigenvalue weighted by atomic mass is 32.1. The van der Waals surface area contributed by atoms with Gasteiger partial charge in [-0.2, -0.15) is 4.39 Å². The van der Waals surface area contributed by atoms with Gasteiger partial charge in [0.05, 0.1) is 6.20 Å². The van der Waals surface area contributed by atoms with Crippen molar-refractivity contribution in [2.24, 2.45) is 0 Å². The molecule has 2 aromatic rings. The molecule has 3 nitrogen and oxygen atoms in total. The molecule has 1 aromatic carbocycles. The minimum Gasteiger partial charge on any atom is -0.298 e. The Balaban J connectivity index is 2.18. The van der Waals surface area contributed by atoms with E-state index in [0.717, 1.165) is 23.1 Å². The summed E-state index contributed by atoms with van der Waals surface area (Å²) >= 11 is 0.807. The molecule has 5 heteroatoms. The van der Waals surface area contributed by atoms with Gasteiger partial charge in [0.2, 0.25) is 0 Å². The summed E-state index contributed by atoms with van der Waals surface area (Å²) in [5.74, 6) is -0.271. The first kappa shape index (κ1) is 10.8. The molecule has 0 fully saturated rings. The molecule has 0 aliphatic carbocycles. The number of aromatic nitrogens is 1. The number of benzene rings is 1. The summed E-state index contributed by atoms with van der Waals surface area (Å²) in [6, 6.07) is 7.20. The number of rotatable bonds is 2. The van der Waals surface area contributed by atoms with E-state index >= 15 is 0 Å². The topological polar surface area (TPSA) is 42.0 Å². The Bertz CT molecular complexity index is 524. The summed E-state index contributed by atoms with van der Waals surface area (Å²) in [4.78, 5) is 15.5. The van der Waals surface area contributed by atoms with E-state index in [2.05, 4.69) is 10.3 Å². The highest BCUT2D eigenvalue weighted by Crippen LogP contribution is 2.17. The molecule has 2 rings (SSSR count). The molecule has 1 heterocycles. The molecule has 0 aliphatic heterocycles. The lowest BCUT2D eigenvalue weighted by Crippen LogP contribution is -2.12. The molecule has 0 unspecified atom stereocenters. The summed E-state index contributed by atoms with van der Waals surface area (Å²) in [5, 5.41) is 2.40. The quantitative estimate of drug-likeness (QED) is 0.871. The lowest BCUT2D eigenvalue weighted by molar-refractivity contribution is 0.102. The molecule has 0 atom stereocenters. The summed E-state index contributed by atoms with van der Waals surface area (Å²) in [6.45, 7) is 1.84. The maximum atomic E-state index is 12.7. The van der Waals surface area contributed by atoms with Gasteiger partial charge >= 0.3 is 0 Å². The Morgan fingerprint density at radius 3 is 2.81 bits per heavy atom. The Morgan fingerprint density at radius 1 is 1.44 bits per heavy atom. The van der Waals surface area contributed by atoms with Gasteiger partial charge in [-0.25, -0.2) is 4.98 Å². The molecule has 0 saturated carbocycles. The van der Waals surface area contributed by atoms with Crippen LogP contribution in [0.2, 0.25) is 0 Å². The SMILES string of the molecule is Cc1ccccc1C(=O)Nc1ncc(F)s1. The number of halogens is 1. The number of carbonyl (C=O) groups is 1. The van der Waals surface area contributed by atoms with Crippen LogP contribution in [-0.2, 0) is 0 Å². The van der Waals surface area contributed by atoms with Crippen LogP contribution < -0.4 is 5.32 Å². The fourth-order valence-corrected chi connectivity index (χ4v) is 1.84. The third-order valence-corrected chi connectivity index (χ3v) is 2.79. The number of carbonyl (C=O) groups excluding carboxylic acids is 1. The van der Waals surface area contributed by atoms with Gasteiger partial charge in [0.25, 0.3) is 5.91 Å². The second-order valence-electron chi connectivity index (χ2n) is 3.24. The normalized spacial score (nSPS) is 10.1. The smallest absolute Gasteiger partial charge is 0.257 e. The molecule has 1 N–H and O–H groups in total. The highest BCUT2D eigenvalue weighted by molar-refractivity contribution is 7.14. The molecule has 16 heavy (non-hydrogen) atoms. The summed E-state index contributed by atoms with van der Waals surface area (Å²) in [5.41, 5.74) is 1.44. The molecular formula is C11H9FN2OS. The van der Waals surface area contributed by atoms with Crippen LogP contribution in [0.5, 0.6) is 0 Å². The van der Waals surface area contributed by atoms with Crippen LogP contribution in [0.1, 0.15) is 15.9 Å². The van der Waals surface area contributed by atoms with Crippen LogP contribution in [-0.4, -0.2) is 10.9 Å². The van der Waals surface area contributed by atoms with Crippen molar-refractivity contribution in [2.75, 3.05) is 5.32 Å². The molecule has 0 radical (unpaired) electrons. The van der Waals surface area contributed by atoms with Crippen LogP contribution in [0.4, 0.5) is 9.52 Å². The van der Waals surface area contributed by atoms with Gasteiger partial charge in [0.15, 0.2) is 10.3 Å². The van der Waals surface area contributed by atoms with Crippen molar-refractivity contribution in [3.63, 3.8) is 0 Å². The van der Waals surface area contributed by atoms with E-state index in [1.165, 1.54) is 0 Å². The lowest BCUT2D eigenvalue weighted by atomic mass is 10.1. The minimum absolute atomic E-state index is 0.269. The first-order valence-electron chi connectivity index (χ1n) is 4.65. The lowest BCUT2D eigenvalue weighted by Gasteiger charge is -2.04. The maximum Gasteiger partial charge on any atom is 0.257 e. The van der Waals surface area contributed by atoms with Crippen molar-refractivity contribution >= 4 is 22.4 Å². The fraction of sp³-hybridized carbons (Fsp3) is 0.0909. The van der Waals surface area contributed by atoms with Crippen molar-refractivity contribution in [2.45, 2.75) is 6.92 Å². The van der Waals surface area contributed by atoms with Crippen LogP contribution in [0.15, 0.2) is 30.5 Å². The predicted molar refractivity (Wildman–Crippen MR) is 61.2 cm³/mol. The van der Waals surface area contributed by atoms with Gasteiger partial charge in [0, 0.05) is 5.56 Å². The van der Waals surface area contributed by atoms with E-state index < -0.39 is 5.13 Å². The van der Waals surface area contributed by atoms with E-state index in [-0.39, 0.29) is 11.0 Å². The van der Waals surface area contributed by atoms with Gasteiger partial charge < -0.3 is 0 Å². The number of amides is 1. The molecule has 82 valence electrons. The number of thiazole rings is 1. The molecule has 0 spiro atoms. The van der Waals surface area contributed by atoms with Gasteiger partial charge in [0.1, 0.15) is 0 Å². The van der Waals surface area contributed by atoms with Crippen molar-refractivity contribution in [3.05, 3.63) is 46.7 Å². The van der Waals surface area contributed by atoms with Gasteiger partial charge in [-0.15, -0.1) is 0 Å². The zero-order valence-corrected chi connectivity index (χ0v) is 9.34. The van der Waals surface area contributed by atoms with Gasteiger partial charge in [-0.3, -0.25) is 10.1 Å². The second kappa shape index (κ2) is 4.40. The standard InChI is InChI=1S/C11H9FN2OS/c1-7-4-2-3-5-8(7)10(15)14-11-13-6-9(12)16-11/h2-6H,1H3,(H,13,14,15). The molecule has 0 aliphatic rings. The monoisotopic (exact) mass is 236 g/mol. The molecule has 0 bridgehead atoms. The number of nitrogens with one attached hydrogen (secondary N) is 1. The van der Waals surface area contributed by atoms with Crippen molar-refractivity contribution in [1.29, 1.82) is 0 Å². The predicted octanol–water partition coefficient (Wildman–Crippen LogP) is 2.84. The highest BCUT2D eigenvalue weighted by Gasteiger charge is 2.10. The van der Waals surface area contributed by atoms with Crippen LogP contribution >= 0.6 is 11.3 Å². The third-order valence-electron chi connectivity index (χ3n) is 2.09. The number of hydrogen-bond acceptors (Lipinski definition) is 3. The Hall–Kier alpha value is -1.75. The van der Waals surface area contributed by atoms with E-state index in [1.807, 2.05) is 19.1 Å². The number of nitrogens with zero attached hydrogens (tertiary/aromatic N) is 1. The first-order valence-corrected chi connectivity index (χ1v) is 5.47. The Morgan fingerprint density at radius 2 is 2.19 bits per heavy atom. The average molecular weight is 236 g/mol. The van der Waals surface area contributed by atoms with E-state index in [4.69, 9.17) is 0 Å². The number of hydrogen-bond donors (Lipinski definition) is 1. The Kier molecular flexibility index (Phi) is 2.96. The van der Waals surface area contributed by atoms with E-state index in [1.54, 1.807) is 12.1 Å². The Labute approximate surface area is 96.0 Å². The van der Waals surface area contributed by atoms with Crippen LogP contribution in [0, 0.1) is 12.1 Å². The van der Waals surface area contributed by atoms with Gasteiger partial charge in [-0.05, 0) is 18.6 Å². The maximum absolute atomic E-state index is 12.7. The zero-order chi connectivity index (χ0) is 11.5. The molecule has 1 aromatic heterocycles. The van der Waals surface area contributed by atoms with Crippen molar-refractivity contribution in [3.8, 4) is 0 Å². The van der Waals surface area contributed by atoms with Crippen molar-refractivity contribution < 1.29 is 9.18 Å². The first-order chi connectivity index (χ1) is 7.66. The van der Waals surface area contributed by atoms with Crippen molar-refractivity contribution in [1.82, 2.24) is 4.98 Å². The summed E-state index contributed by atoms with van der Waals surface area (Å²) < 4.78 is 12.7. The average Bonchev–Trinajstić information content (AvgIpc) is 2.64. The number of anilines is 1. The molecular weight excluding hydrogens is 227 g/mol. The third kappa shape index (κ3) is 2.25. The largest absolute Gasteiger partial charge is 0.298 e. The van der Waals surface area contributed by atoms with E-state index in [9.17, 15) is 9.18 Å². The van der Waals surface area contributed by atoms with Crippen LogP contribution in [0.3, 0.4) is 0 Å².